The molecule has 0 aliphatic rings. The number of hydrogen-bond donors (Lipinski definition) is 2. The number of carbonyl (C=O) groups is 2. The number of primary amides is 1. The monoisotopic (exact) mass is 293 g/mol. The first-order valence-electron chi connectivity index (χ1n) is 5.36. The van der Waals surface area contributed by atoms with Gasteiger partial charge in [-0.3, -0.25) is 9.59 Å². The van der Waals surface area contributed by atoms with Crippen molar-refractivity contribution in [1.82, 2.24) is 4.98 Å². The van der Waals surface area contributed by atoms with Gasteiger partial charge in [-0.25, -0.2) is 4.98 Å². The van der Waals surface area contributed by atoms with E-state index in [4.69, 9.17) is 5.73 Å². The Morgan fingerprint density at radius 2 is 2.16 bits per heavy atom. The summed E-state index contributed by atoms with van der Waals surface area (Å²) in [6.07, 6.45) is 0. The molecule has 3 N–H and O–H groups in total. The number of nitrogens with zero attached hydrogens (tertiary/aromatic N) is 1. The molecule has 19 heavy (non-hydrogen) atoms. The molecule has 0 spiro atoms. The van der Waals surface area contributed by atoms with Gasteiger partial charge in [-0.05, 0) is 12.1 Å². The van der Waals surface area contributed by atoms with Crippen molar-refractivity contribution in [2.24, 2.45) is 5.73 Å². The van der Waals surface area contributed by atoms with E-state index < -0.39 is 5.91 Å². The Kier molecular flexibility index (Phi) is 4.53. The highest BCUT2D eigenvalue weighted by atomic mass is 32.2. The maximum absolute atomic E-state index is 11.9. The summed E-state index contributed by atoms with van der Waals surface area (Å²) in [6, 6.07) is 7.24. The number of aromatic nitrogens is 1. The summed E-state index contributed by atoms with van der Waals surface area (Å²) in [4.78, 5) is 27.4. The van der Waals surface area contributed by atoms with Gasteiger partial charge in [0.1, 0.15) is 5.69 Å². The number of carbonyl (C=O) groups excluding carboxylic acids is 2. The first-order chi connectivity index (χ1) is 9.16. The highest BCUT2D eigenvalue weighted by Crippen LogP contribution is 2.27. The number of anilines is 1. The highest BCUT2D eigenvalue weighted by Gasteiger charge is 2.11. The van der Waals surface area contributed by atoms with Crippen molar-refractivity contribution in [2.75, 3.05) is 11.1 Å². The van der Waals surface area contributed by atoms with Gasteiger partial charge in [0.15, 0.2) is 0 Å². The van der Waals surface area contributed by atoms with Crippen LogP contribution in [0.15, 0.2) is 40.1 Å². The topological polar surface area (TPSA) is 85.1 Å². The fourth-order valence-corrected chi connectivity index (χ4v) is 2.63. The van der Waals surface area contributed by atoms with E-state index in [1.807, 2.05) is 18.2 Å². The molecule has 0 aliphatic carbocycles. The van der Waals surface area contributed by atoms with E-state index in [1.54, 1.807) is 17.0 Å². The molecule has 7 heteroatoms. The lowest BCUT2D eigenvalue weighted by molar-refractivity contribution is -0.115. The Labute approximate surface area is 118 Å². The van der Waals surface area contributed by atoms with Crippen LogP contribution in [0.25, 0.3) is 0 Å². The number of amides is 2. The maximum Gasteiger partial charge on any atom is 0.275 e. The number of hydrogen-bond acceptors (Lipinski definition) is 5. The van der Waals surface area contributed by atoms with Crippen molar-refractivity contribution in [3.63, 3.8) is 0 Å². The minimum Gasteiger partial charge on any atom is -0.369 e. The third-order valence-corrected chi connectivity index (χ3v) is 3.85. The first-order valence-corrected chi connectivity index (χ1v) is 7.29. The number of para-hydroxylation sites is 1. The molecule has 1 aromatic heterocycles. The lowest BCUT2D eigenvalue weighted by Crippen LogP contribution is -2.14. The average molecular weight is 293 g/mol. The number of nitrogens with two attached hydrogens (primary N) is 1. The molecule has 0 saturated carbocycles. The van der Waals surface area contributed by atoms with Crippen LogP contribution in [0.5, 0.6) is 0 Å². The molecular weight excluding hydrogens is 282 g/mol. The molecule has 0 radical (unpaired) electrons. The summed E-state index contributed by atoms with van der Waals surface area (Å²) < 4.78 is 0. The van der Waals surface area contributed by atoms with Gasteiger partial charge >= 0.3 is 0 Å². The van der Waals surface area contributed by atoms with E-state index in [0.717, 1.165) is 4.90 Å². The van der Waals surface area contributed by atoms with Crippen LogP contribution in [0.2, 0.25) is 0 Å². The zero-order valence-corrected chi connectivity index (χ0v) is 11.5. The van der Waals surface area contributed by atoms with Crippen LogP contribution < -0.4 is 11.1 Å². The molecule has 98 valence electrons. The van der Waals surface area contributed by atoms with Crippen molar-refractivity contribution < 1.29 is 9.59 Å². The van der Waals surface area contributed by atoms with Crippen molar-refractivity contribution in [3.8, 4) is 0 Å². The van der Waals surface area contributed by atoms with Crippen LogP contribution in [0.3, 0.4) is 0 Å². The smallest absolute Gasteiger partial charge is 0.275 e. The van der Waals surface area contributed by atoms with Gasteiger partial charge in [0.05, 0.1) is 17.0 Å². The summed E-state index contributed by atoms with van der Waals surface area (Å²) in [6.45, 7) is 0. The molecule has 2 rings (SSSR count). The second-order valence-electron chi connectivity index (χ2n) is 3.58. The summed E-state index contributed by atoms with van der Waals surface area (Å²) in [7, 11) is 0. The Balaban J connectivity index is 2.11. The second kappa shape index (κ2) is 6.35. The quantitative estimate of drug-likeness (QED) is 0.825. The van der Waals surface area contributed by atoms with Crippen LogP contribution in [-0.4, -0.2) is 22.6 Å². The SMILES string of the molecule is NC(=O)CSc1ccccc1NC(=O)c1cscn1. The normalized spacial score (nSPS) is 10.1. The molecule has 0 fully saturated rings. The lowest BCUT2D eigenvalue weighted by Gasteiger charge is -2.08. The average Bonchev–Trinajstić information content (AvgIpc) is 2.91. The standard InChI is InChI=1S/C12H11N3O2S2/c13-11(16)6-19-10-4-2-1-3-8(10)15-12(17)9-5-18-7-14-9/h1-5,7H,6H2,(H2,13,16)(H,15,17). The van der Waals surface area contributed by atoms with Crippen LogP contribution in [0.1, 0.15) is 10.5 Å². The van der Waals surface area contributed by atoms with Crippen LogP contribution in [0, 0.1) is 0 Å². The van der Waals surface area contributed by atoms with E-state index in [1.165, 1.54) is 23.1 Å². The second-order valence-corrected chi connectivity index (χ2v) is 5.31. The molecule has 0 bridgehead atoms. The molecule has 0 atom stereocenters. The van der Waals surface area contributed by atoms with Crippen LogP contribution in [-0.2, 0) is 4.79 Å². The van der Waals surface area contributed by atoms with E-state index in [-0.39, 0.29) is 11.7 Å². The number of thiazole rings is 1. The first kappa shape index (κ1) is 13.6. The van der Waals surface area contributed by atoms with Gasteiger partial charge in [0.25, 0.3) is 5.91 Å². The largest absolute Gasteiger partial charge is 0.369 e. The zero-order chi connectivity index (χ0) is 13.7. The van der Waals surface area contributed by atoms with Crippen molar-refractivity contribution in [2.45, 2.75) is 4.90 Å². The van der Waals surface area contributed by atoms with E-state index in [0.29, 0.717) is 11.4 Å². The minimum atomic E-state index is -0.398. The number of benzene rings is 1. The lowest BCUT2D eigenvalue weighted by atomic mass is 10.3. The fraction of sp³-hybridized carbons (Fsp3) is 0.0833. The van der Waals surface area contributed by atoms with E-state index in [2.05, 4.69) is 10.3 Å². The molecule has 0 saturated heterocycles. The molecule has 1 heterocycles. The number of thioether (sulfide) groups is 1. The highest BCUT2D eigenvalue weighted by molar-refractivity contribution is 8.00. The zero-order valence-electron chi connectivity index (χ0n) is 9.83. The molecule has 5 nitrogen and oxygen atoms in total. The number of nitrogens with one attached hydrogen (secondary N) is 1. The summed E-state index contributed by atoms with van der Waals surface area (Å²) in [5.41, 5.74) is 7.73. The maximum atomic E-state index is 11.9. The molecule has 0 aliphatic heterocycles. The predicted octanol–water partition coefficient (Wildman–Crippen LogP) is 1.97. The summed E-state index contributed by atoms with van der Waals surface area (Å²) in [5.74, 6) is -0.497. The van der Waals surface area contributed by atoms with Crippen molar-refractivity contribution in [3.05, 3.63) is 40.8 Å². The molecule has 0 unspecified atom stereocenters. The molecule has 1 aromatic carbocycles. The van der Waals surface area contributed by atoms with Crippen LogP contribution in [0.4, 0.5) is 5.69 Å². The molecule has 2 aromatic rings. The van der Waals surface area contributed by atoms with Gasteiger partial charge < -0.3 is 11.1 Å². The van der Waals surface area contributed by atoms with Crippen molar-refractivity contribution >= 4 is 40.6 Å². The van der Waals surface area contributed by atoms with Gasteiger partial charge in [0, 0.05) is 10.3 Å². The Bertz CT molecular complexity index is 584. The van der Waals surface area contributed by atoms with E-state index >= 15 is 0 Å². The van der Waals surface area contributed by atoms with E-state index in [9.17, 15) is 9.59 Å². The number of rotatable bonds is 5. The third-order valence-electron chi connectivity index (χ3n) is 2.17. The van der Waals surface area contributed by atoms with Gasteiger partial charge in [-0.1, -0.05) is 12.1 Å². The Hall–Kier alpha value is -1.86. The fourth-order valence-electron chi connectivity index (χ4n) is 1.36. The van der Waals surface area contributed by atoms with Crippen molar-refractivity contribution in [1.29, 1.82) is 0 Å². The predicted molar refractivity (Wildman–Crippen MR) is 76.4 cm³/mol. The molecular formula is C12H11N3O2S2. The van der Waals surface area contributed by atoms with Crippen LogP contribution >= 0.6 is 23.1 Å². The van der Waals surface area contributed by atoms with Gasteiger partial charge in [-0.2, -0.15) is 0 Å². The summed E-state index contributed by atoms with van der Waals surface area (Å²) >= 11 is 2.65. The Morgan fingerprint density at radius 1 is 1.37 bits per heavy atom. The minimum absolute atomic E-state index is 0.170. The van der Waals surface area contributed by atoms with Gasteiger partial charge in [0.2, 0.25) is 5.91 Å². The van der Waals surface area contributed by atoms with Gasteiger partial charge in [-0.15, -0.1) is 23.1 Å². The summed E-state index contributed by atoms with van der Waals surface area (Å²) in [5, 5.41) is 4.44. The molecule has 2 amide bonds. The third kappa shape index (κ3) is 3.80. The Morgan fingerprint density at radius 3 is 2.84 bits per heavy atom.